The molecule has 0 aliphatic carbocycles. The first-order valence-electron chi connectivity index (χ1n) is 12.8. The monoisotopic (exact) mass is 489 g/mol. The minimum absolute atomic E-state index is 0.121. The molecule has 7 nitrogen and oxygen atoms in total. The number of imidazole rings is 1. The topological polar surface area (TPSA) is 76.7 Å². The number of hydrogen-bond donors (Lipinski definition) is 1. The van der Waals surface area contributed by atoms with Crippen molar-refractivity contribution >= 4 is 29.4 Å². The zero-order valence-corrected chi connectivity index (χ0v) is 22.3. The van der Waals surface area contributed by atoms with Crippen LogP contribution in [0.25, 0.3) is 22.0 Å². The van der Waals surface area contributed by atoms with Gasteiger partial charge in [-0.05, 0) is 77.5 Å². The Morgan fingerprint density at radius 3 is 2.44 bits per heavy atom. The van der Waals surface area contributed by atoms with Gasteiger partial charge in [0.2, 0.25) is 0 Å². The number of likely N-dealkylation sites (tertiary alicyclic amines) is 1. The molecule has 1 N–H and O–H groups in total. The van der Waals surface area contributed by atoms with Gasteiger partial charge in [-0.1, -0.05) is 36.4 Å². The molecule has 0 radical (unpaired) electrons. The molecule has 3 heterocycles. The number of benzene rings is 2. The Morgan fingerprint density at radius 1 is 1.08 bits per heavy atom. The van der Waals surface area contributed by atoms with E-state index in [1.165, 1.54) is 0 Å². The number of aromatic nitrogens is 2. The molecule has 1 amide bonds. The highest BCUT2D eigenvalue weighted by Gasteiger charge is 2.52. The third kappa shape index (κ3) is 4.41. The fourth-order valence-corrected chi connectivity index (χ4v) is 4.98. The van der Waals surface area contributed by atoms with Crippen LogP contribution in [-0.4, -0.2) is 51.4 Å². The van der Waals surface area contributed by atoms with Gasteiger partial charge in [-0.3, -0.25) is 4.90 Å². The number of nitrogens with zero attached hydrogens (tertiary/aromatic N) is 2. The maximum Gasteiger partial charge on any atom is 0.495 e. The fourth-order valence-electron chi connectivity index (χ4n) is 4.98. The van der Waals surface area contributed by atoms with Gasteiger partial charge in [-0.25, -0.2) is 9.78 Å². The first-order valence-corrected chi connectivity index (χ1v) is 12.8. The van der Waals surface area contributed by atoms with Crippen molar-refractivity contribution in [1.29, 1.82) is 0 Å². The van der Waals surface area contributed by atoms with Gasteiger partial charge in [-0.15, -0.1) is 0 Å². The molecule has 3 aromatic rings. The average Bonchev–Trinajstić information content (AvgIpc) is 3.49. The van der Waals surface area contributed by atoms with Crippen LogP contribution in [0.3, 0.4) is 0 Å². The third-order valence-corrected chi connectivity index (χ3v) is 7.55. The van der Waals surface area contributed by atoms with E-state index in [2.05, 4.69) is 63.0 Å². The Morgan fingerprint density at radius 2 is 1.75 bits per heavy atom. The van der Waals surface area contributed by atoms with Gasteiger partial charge >= 0.3 is 13.2 Å². The van der Waals surface area contributed by atoms with Crippen molar-refractivity contribution in [3.05, 3.63) is 48.4 Å². The summed E-state index contributed by atoms with van der Waals surface area (Å²) in [4.78, 5) is 22.8. The maximum absolute atomic E-state index is 12.8. The van der Waals surface area contributed by atoms with Crippen LogP contribution in [0.1, 0.15) is 73.2 Å². The summed E-state index contributed by atoms with van der Waals surface area (Å²) >= 11 is 0. The Labute approximate surface area is 213 Å². The number of nitrogens with one attached hydrogen (secondary N) is 1. The van der Waals surface area contributed by atoms with Gasteiger partial charge in [0.15, 0.2) is 0 Å². The van der Waals surface area contributed by atoms with Crippen molar-refractivity contribution in [3.63, 3.8) is 0 Å². The molecular weight excluding hydrogens is 453 g/mol. The van der Waals surface area contributed by atoms with Crippen molar-refractivity contribution in [1.82, 2.24) is 14.9 Å². The number of carbonyl (C=O) groups excluding carboxylic acids is 1. The normalized spacial score (nSPS) is 21.4. The van der Waals surface area contributed by atoms with E-state index in [1.807, 2.05) is 33.0 Å². The number of ether oxygens (including phenoxy) is 1. The second-order valence-corrected chi connectivity index (χ2v) is 11.9. The fraction of sp³-hybridized carbons (Fsp3) is 0.500. The van der Waals surface area contributed by atoms with E-state index in [-0.39, 0.29) is 12.1 Å². The predicted octanol–water partition coefficient (Wildman–Crippen LogP) is 5.60. The van der Waals surface area contributed by atoms with E-state index >= 15 is 0 Å². The lowest BCUT2D eigenvalue weighted by Gasteiger charge is -2.32. The van der Waals surface area contributed by atoms with E-state index in [1.54, 1.807) is 4.90 Å². The highest BCUT2D eigenvalue weighted by atomic mass is 16.7. The van der Waals surface area contributed by atoms with E-state index < -0.39 is 23.9 Å². The van der Waals surface area contributed by atoms with E-state index in [4.69, 9.17) is 19.0 Å². The second kappa shape index (κ2) is 8.63. The summed E-state index contributed by atoms with van der Waals surface area (Å²) < 4.78 is 18.3. The minimum Gasteiger partial charge on any atom is -0.444 e. The van der Waals surface area contributed by atoms with Crippen molar-refractivity contribution in [2.45, 2.75) is 84.2 Å². The third-order valence-electron chi connectivity index (χ3n) is 7.55. The van der Waals surface area contributed by atoms with Gasteiger partial charge < -0.3 is 19.0 Å². The van der Waals surface area contributed by atoms with Crippen LogP contribution in [0, 0.1) is 0 Å². The predicted molar refractivity (Wildman–Crippen MR) is 142 cm³/mol. The van der Waals surface area contributed by atoms with E-state index in [0.29, 0.717) is 6.54 Å². The molecule has 2 fully saturated rings. The number of H-pyrrole nitrogens is 1. The first kappa shape index (κ1) is 24.8. The molecule has 2 aliphatic rings. The summed E-state index contributed by atoms with van der Waals surface area (Å²) in [6.07, 6.45) is 3.34. The molecule has 2 aromatic carbocycles. The number of hydrogen-bond acceptors (Lipinski definition) is 5. The van der Waals surface area contributed by atoms with E-state index in [0.717, 1.165) is 46.2 Å². The van der Waals surface area contributed by atoms with Crippen LogP contribution in [0.15, 0.2) is 42.6 Å². The molecule has 5 rings (SSSR count). The van der Waals surface area contributed by atoms with Gasteiger partial charge in [0.05, 0.1) is 29.1 Å². The molecule has 0 spiro atoms. The zero-order chi connectivity index (χ0) is 25.9. The largest absolute Gasteiger partial charge is 0.495 e. The first-order chi connectivity index (χ1) is 16.9. The molecule has 190 valence electrons. The number of amides is 1. The average molecular weight is 489 g/mol. The summed E-state index contributed by atoms with van der Waals surface area (Å²) in [6, 6.07) is 12.4. The van der Waals surface area contributed by atoms with Gasteiger partial charge in [0.25, 0.3) is 0 Å². The van der Waals surface area contributed by atoms with Crippen LogP contribution in [0.5, 0.6) is 0 Å². The lowest BCUT2D eigenvalue weighted by molar-refractivity contribution is 0.00578. The molecule has 1 atom stereocenters. The number of rotatable bonds is 3. The molecule has 0 saturated carbocycles. The number of fused-ring (bicyclic) bond motifs is 1. The summed E-state index contributed by atoms with van der Waals surface area (Å²) in [5.41, 5.74) is 1.63. The van der Waals surface area contributed by atoms with E-state index in [9.17, 15) is 4.79 Å². The molecule has 2 saturated heterocycles. The molecule has 2 aliphatic heterocycles. The Balaban J connectivity index is 1.46. The maximum atomic E-state index is 12.8. The van der Waals surface area contributed by atoms with Crippen molar-refractivity contribution < 1.29 is 18.8 Å². The Bertz CT molecular complexity index is 1280. The van der Waals surface area contributed by atoms with Crippen molar-refractivity contribution in [3.8, 4) is 11.3 Å². The van der Waals surface area contributed by atoms with Crippen LogP contribution in [-0.2, 0) is 14.0 Å². The molecule has 36 heavy (non-hydrogen) atoms. The SMILES string of the molecule is CC(C)(C)OC(=O)N1CCC[C@@H]1c1ncc(-c2cccc3c(B4OC(C)(C)C(C)(C)O4)cccc23)[nH]1. The van der Waals surface area contributed by atoms with Crippen LogP contribution in [0.4, 0.5) is 4.79 Å². The highest BCUT2D eigenvalue weighted by Crippen LogP contribution is 2.38. The lowest BCUT2D eigenvalue weighted by Crippen LogP contribution is -2.41. The second-order valence-electron chi connectivity index (χ2n) is 11.9. The molecular formula is C28H36BN3O4. The van der Waals surface area contributed by atoms with Crippen molar-refractivity contribution in [2.75, 3.05) is 6.54 Å². The molecule has 0 unspecified atom stereocenters. The van der Waals surface area contributed by atoms with Crippen LogP contribution >= 0.6 is 0 Å². The van der Waals surface area contributed by atoms with Crippen LogP contribution in [0.2, 0.25) is 0 Å². The summed E-state index contributed by atoms with van der Waals surface area (Å²) in [5.74, 6) is 0.785. The summed E-state index contributed by atoms with van der Waals surface area (Å²) in [6.45, 7) is 14.6. The minimum atomic E-state index is -0.531. The standard InChI is InChI=1S/C28H36BN3O4/c1-26(2,3)34-25(33)32-16-10-15-23(32)24-30-17-22(31-24)20-13-8-12-19-18(20)11-9-14-21(19)29-35-27(4,5)28(6,7)36-29/h8-9,11-14,17,23H,10,15-16H2,1-7H3,(H,30,31)/t23-/m1/s1. The molecule has 0 bridgehead atoms. The lowest BCUT2D eigenvalue weighted by atomic mass is 9.75. The Hall–Kier alpha value is -2.84. The highest BCUT2D eigenvalue weighted by molar-refractivity contribution is 6.65. The number of aromatic amines is 1. The van der Waals surface area contributed by atoms with Crippen molar-refractivity contribution in [2.24, 2.45) is 0 Å². The van der Waals surface area contributed by atoms with Gasteiger partial charge in [0, 0.05) is 12.1 Å². The quantitative estimate of drug-likeness (QED) is 0.485. The smallest absolute Gasteiger partial charge is 0.444 e. The molecule has 8 heteroatoms. The van der Waals surface area contributed by atoms with Gasteiger partial charge in [0.1, 0.15) is 11.4 Å². The van der Waals surface area contributed by atoms with Gasteiger partial charge in [-0.2, -0.15) is 0 Å². The Kier molecular flexibility index (Phi) is 5.96. The summed E-state index contributed by atoms with van der Waals surface area (Å²) in [5, 5.41) is 2.18. The van der Waals surface area contributed by atoms with Crippen LogP contribution < -0.4 is 5.46 Å². The molecule has 1 aromatic heterocycles. The zero-order valence-electron chi connectivity index (χ0n) is 22.3. The number of carbonyl (C=O) groups is 1. The summed E-state index contributed by atoms with van der Waals surface area (Å²) in [7, 11) is -0.438.